The van der Waals surface area contributed by atoms with E-state index in [4.69, 9.17) is 0 Å². The van der Waals surface area contributed by atoms with E-state index in [0.29, 0.717) is 0 Å². The molecule has 0 saturated carbocycles. The maximum Gasteiger partial charge on any atom is 0.433 e. The lowest BCUT2D eigenvalue weighted by Gasteiger charge is -2.07. The second-order valence-electron chi connectivity index (χ2n) is 3.84. The van der Waals surface area contributed by atoms with Gasteiger partial charge in [0.1, 0.15) is 11.5 Å². The summed E-state index contributed by atoms with van der Waals surface area (Å²) in [5.41, 5.74) is -1.06. The zero-order valence-electron chi connectivity index (χ0n) is 10.3. The van der Waals surface area contributed by atoms with Crippen LogP contribution in [-0.4, -0.2) is 29.3 Å². The van der Waals surface area contributed by atoms with Crippen molar-refractivity contribution in [1.82, 2.24) is 19.1 Å². The van der Waals surface area contributed by atoms with Gasteiger partial charge in [0.05, 0.1) is 0 Å². The molecule has 2 aromatic rings. The molecule has 2 aromatic heterocycles. The van der Waals surface area contributed by atoms with Crippen molar-refractivity contribution >= 4 is 21.6 Å². The van der Waals surface area contributed by atoms with Gasteiger partial charge in [0, 0.05) is 25.4 Å². The van der Waals surface area contributed by atoms with E-state index in [2.05, 4.69) is 19.1 Å². The minimum Gasteiger partial charge on any atom is -0.241 e. The fourth-order valence-electron chi connectivity index (χ4n) is 1.39. The molecule has 11 heteroatoms. The van der Waals surface area contributed by atoms with E-state index in [1.165, 1.54) is 12.3 Å². The van der Waals surface area contributed by atoms with Crippen LogP contribution in [0.25, 0.3) is 0 Å². The lowest BCUT2D eigenvalue weighted by molar-refractivity contribution is -0.141. The van der Waals surface area contributed by atoms with Crippen LogP contribution in [0, 0.1) is 0 Å². The minimum atomic E-state index is -4.56. The number of hydrogen-bond donors (Lipinski definition) is 1. The van der Waals surface area contributed by atoms with Crippen LogP contribution in [0.1, 0.15) is 11.5 Å². The van der Waals surface area contributed by atoms with Crippen molar-refractivity contribution in [2.24, 2.45) is 0 Å². The molecule has 0 amide bonds. The molecule has 6 nitrogen and oxygen atoms in total. The fourth-order valence-corrected chi connectivity index (χ4v) is 3.19. The number of rotatable bonds is 5. The summed E-state index contributed by atoms with van der Waals surface area (Å²) in [7, 11) is -3.70. The lowest BCUT2D eigenvalue weighted by atomic mass is 10.3. The van der Waals surface area contributed by atoms with Crippen molar-refractivity contribution in [3.63, 3.8) is 0 Å². The smallest absolute Gasteiger partial charge is 0.241 e. The number of halogens is 3. The molecule has 0 spiro atoms. The molecule has 1 N–H and O–H groups in total. The van der Waals surface area contributed by atoms with Gasteiger partial charge >= 0.3 is 6.18 Å². The van der Waals surface area contributed by atoms with E-state index in [-0.39, 0.29) is 23.0 Å². The first-order valence-electron chi connectivity index (χ1n) is 5.58. The molecular weight excluding hydrogens is 329 g/mol. The van der Waals surface area contributed by atoms with Gasteiger partial charge in [0.2, 0.25) is 0 Å². The molecule has 0 atom stereocenters. The first-order chi connectivity index (χ1) is 9.79. The van der Waals surface area contributed by atoms with Crippen molar-refractivity contribution in [1.29, 1.82) is 0 Å². The number of aromatic nitrogens is 3. The largest absolute Gasteiger partial charge is 0.433 e. The Morgan fingerprint density at radius 2 is 2.00 bits per heavy atom. The normalized spacial score (nSPS) is 12.5. The van der Waals surface area contributed by atoms with Gasteiger partial charge < -0.3 is 0 Å². The van der Waals surface area contributed by atoms with Gasteiger partial charge in [-0.1, -0.05) is 0 Å². The Balaban J connectivity index is 1.98. The summed E-state index contributed by atoms with van der Waals surface area (Å²) in [5, 5.41) is 0. The van der Waals surface area contributed by atoms with Crippen LogP contribution in [0.4, 0.5) is 13.2 Å². The number of alkyl halides is 3. The Bertz CT molecular complexity index is 701. The monoisotopic (exact) mass is 338 g/mol. The molecule has 114 valence electrons. The van der Waals surface area contributed by atoms with Gasteiger partial charge in [-0.25, -0.2) is 23.1 Å². The summed E-state index contributed by atoms with van der Waals surface area (Å²) in [5.74, 6) is -0.0863. The molecule has 0 aromatic carbocycles. The highest BCUT2D eigenvalue weighted by atomic mass is 32.2. The van der Waals surface area contributed by atoms with Gasteiger partial charge in [-0.2, -0.15) is 17.5 Å². The van der Waals surface area contributed by atoms with E-state index < -0.39 is 21.9 Å². The Hall–Kier alpha value is -1.59. The molecule has 2 heterocycles. The average Bonchev–Trinajstić information content (AvgIpc) is 2.92. The predicted octanol–water partition coefficient (Wildman–Crippen LogP) is 1.47. The third-order valence-electron chi connectivity index (χ3n) is 2.32. The van der Waals surface area contributed by atoms with Crippen molar-refractivity contribution in [3.8, 4) is 0 Å². The van der Waals surface area contributed by atoms with Crippen LogP contribution in [0.2, 0.25) is 0 Å². The van der Waals surface area contributed by atoms with Crippen LogP contribution in [0.3, 0.4) is 0 Å². The Morgan fingerprint density at radius 3 is 2.62 bits per heavy atom. The van der Waals surface area contributed by atoms with Crippen molar-refractivity contribution in [2.75, 3.05) is 6.54 Å². The number of hydrogen-bond acceptors (Lipinski definition) is 6. The Labute approximate surface area is 122 Å². The summed E-state index contributed by atoms with van der Waals surface area (Å²) in [4.78, 5) is 7.03. The van der Waals surface area contributed by atoms with Gasteiger partial charge in [0.25, 0.3) is 10.0 Å². The molecule has 0 fully saturated rings. The quantitative estimate of drug-likeness (QED) is 0.892. The van der Waals surface area contributed by atoms with E-state index in [1.54, 1.807) is 0 Å². The third kappa shape index (κ3) is 4.19. The lowest BCUT2D eigenvalue weighted by Crippen LogP contribution is -2.26. The van der Waals surface area contributed by atoms with E-state index >= 15 is 0 Å². The standard InChI is InChI=1S/C10H9F3N4O2S2/c11-10(12,13)7-1-4-14-8(17-7)2-6-16-21(18,19)9-3-5-15-20-9/h1,3-5,16H,2,6H2. The van der Waals surface area contributed by atoms with Gasteiger partial charge in [-0.05, 0) is 23.7 Å². The van der Waals surface area contributed by atoms with Gasteiger partial charge in [-0.15, -0.1) is 0 Å². The number of sulfonamides is 1. The Kier molecular flexibility index (Phi) is 4.54. The Morgan fingerprint density at radius 1 is 1.24 bits per heavy atom. The topological polar surface area (TPSA) is 84.8 Å². The van der Waals surface area contributed by atoms with Crippen LogP contribution in [-0.2, 0) is 22.6 Å². The van der Waals surface area contributed by atoms with E-state index in [9.17, 15) is 21.6 Å². The predicted molar refractivity (Wildman–Crippen MR) is 68.0 cm³/mol. The molecule has 2 rings (SSSR count). The maximum absolute atomic E-state index is 12.5. The molecule has 0 radical (unpaired) electrons. The summed E-state index contributed by atoms with van der Waals surface area (Å²) < 4.78 is 66.8. The zero-order chi connectivity index (χ0) is 15.5. The molecule has 0 bridgehead atoms. The molecule has 21 heavy (non-hydrogen) atoms. The SMILES string of the molecule is O=S(=O)(NCCc1nccc(C(F)(F)F)n1)c1ccns1. The maximum atomic E-state index is 12.5. The molecule has 0 saturated heterocycles. The third-order valence-corrected chi connectivity index (χ3v) is 4.99. The number of nitrogens with one attached hydrogen (secondary N) is 1. The van der Waals surface area contributed by atoms with Gasteiger partial charge in [0.15, 0.2) is 4.21 Å². The summed E-state index contributed by atoms with van der Waals surface area (Å²) >= 11 is 0.801. The molecule has 0 aliphatic heterocycles. The minimum absolute atomic E-state index is 0.0347. The highest BCUT2D eigenvalue weighted by Crippen LogP contribution is 2.26. The fraction of sp³-hybridized carbons (Fsp3) is 0.300. The summed E-state index contributed by atoms with van der Waals surface area (Å²) in [6.07, 6.45) is -2.28. The average molecular weight is 338 g/mol. The van der Waals surface area contributed by atoms with E-state index in [1.807, 2.05) is 0 Å². The molecule has 0 aliphatic rings. The van der Waals surface area contributed by atoms with Crippen LogP contribution in [0.15, 0.2) is 28.7 Å². The first-order valence-corrected chi connectivity index (χ1v) is 7.84. The van der Waals surface area contributed by atoms with Crippen LogP contribution in [0.5, 0.6) is 0 Å². The van der Waals surface area contributed by atoms with Crippen molar-refractivity contribution in [2.45, 2.75) is 16.8 Å². The summed E-state index contributed by atoms with van der Waals surface area (Å²) in [6.45, 7) is -0.110. The van der Waals surface area contributed by atoms with Crippen LogP contribution >= 0.6 is 11.5 Å². The first kappa shape index (κ1) is 15.8. The molecule has 0 aliphatic carbocycles. The number of nitrogens with zero attached hydrogens (tertiary/aromatic N) is 3. The zero-order valence-corrected chi connectivity index (χ0v) is 12.0. The highest BCUT2D eigenvalue weighted by Gasteiger charge is 2.32. The van der Waals surface area contributed by atoms with Crippen molar-refractivity contribution in [3.05, 3.63) is 36.0 Å². The second-order valence-corrected chi connectivity index (χ2v) is 6.66. The molecular formula is C10H9F3N4O2S2. The van der Waals surface area contributed by atoms with Crippen LogP contribution < -0.4 is 4.72 Å². The summed E-state index contributed by atoms with van der Waals surface area (Å²) in [6, 6.07) is 2.08. The van der Waals surface area contributed by atoms with Gasteiger partial charge in [-0.3, -0.25) is 0 Å². The second kappa shape index (κ2) is 6.03. The molecule has 0 unspecified atom stereocenters. The van der Waals surface area contributed by atoms with E-state index in [0.717, 1.165) is 23.8 Å². The highest BCUT2D eigenvalue weighted by molar-refractivity contribution is 7.91. The van der Waals surface area contributed by atoms with Crippen molar-refractivity contribution < 1.29 is 21.6 Å².